The first kappa shape index (κ1) is 13.1. The Hall–Kier alpha value is -1.33. The van der Waals surface area contributed by atoms with Gasteiger partial charge in [0.15, 0.2) is 0 Å². The predicted molar refractivity (Wildman–Crippen MR) is 65.3 cm³/mol. The number of carbonyl (C=O) groups excluding carboxylic acids is 1. The normalized spacial score (nSPS) is 23.2. The van der Waals surface area contributed by atoms with Gasteiger partial charge in [-0.3, -0.25) is 0 Å². The molecule has 0 spiro atoms. The van der Waals surface area contributed by atoms with Gasteiger partial charge in [0.25, 0.3) is 0 Å². The van der Waals surface area contributed by atoms with Crippen molar-refractivity contribution in [1.82, 2.24) is 5.32 Å². The fourth-order valence-corrected chi connectivity index (χ4v) is 2.37. The molecule has 2 unspecified atom stereocenters. The van der Waals surface area contributed by atoms with E-state index < -0.39 is 0 Å². The summed E-state index contributed by atoms with van der Waals surface area (Å²) >= 11 is 0. The minimum Gasteiger partial charge on any atom is -0.467 e. The minimum absolute atomic E-state index is 0.278. The van der Waals surface area contributed by atoms with E-state index in [1.165, 1.54) is 19.8 Å². The number of hydrogen-bond acceptors (Lipinski definition) is 5. The van der Waals surface area contributed by atoms with E-state index in [0.717, 1.165) is 18.6 Å². The summed E-state index contributed by atoms with van der Waals surface area (Å²) in [6, 6.07) is 2.07. The molecule has 1 fully saturated rings. The molecule has 1 heterocycles. The molecule has 0 bridgehead atoms. The Kier molecular flexibility index (Phi) is 4.38. The number of furan rings is 1. The highest BCUT2D eigenvalue weighted by atomic mass is 16.5. The van der Waals surface area contributed by atoms with Crippen LogP contribution in [0.5, 0.6) is 0 Å². The molecule has 1 aliphatic carbocycles. The van der Waals surface area contributed by atoms with Gasteiger partial charge in [0.1, 0.15) is 12.0 Å². The van der Waals surface area contributed by atoms with Crippen molar-refractivity contribution < 1.29 is 18.7 Å². The highest BCUT2D eigenvalue weighted by Crippen LogP contribution is 2.22. The summed E-state index contributed by atoms with van der Waals surface area (Å²) in [5.41, 5.74) is 0.448. The van der Waals surface area contributed by atoms with Gasteiger partial charge in [-0.1, -0.05) is 0 Å². The van der Waals surface area contributed by atoms with Gasteiger partial charge < -0.3 is 19.2 Å². The van der Waals surface area contributed by atoms with Gasteiger partial charge in [0, 0.05) is 13.2 Å². The molecule has 1 aliphatic rings. The molecule has 18 heavy (non-hydrogen) atoms. The van der Waals surface area contributed by atoms with Gasteiger partial charge in [-0.25, -0.2) is 4.79 Å². The Balaban J connectivity index is 1.86. The Labute approximate surface area is 106 Å². The van der Waals surface area contributed by atoms with E-state index in [9.17, 15) is 4.79 Å². The fourth-order valence-electron chi connectivity index (χ4n) is 2.37. The number of esters is 1. The standard InChI is InChI=1S/C13H19NO4/c1-16-12-5-3-4-11(12)14-7-10-6-9(8-18-10)13(15)17-2/h6,8,11-12,14H,3-5,7H2,1-2H3. The fraction of sp³-hybridized carbons (Fsp3) is 0.615. The highest BCUT2D eigenvalue weighted by Gasteiger charge is 2.26. The molecule has 0 saturated heterocycles. The Morgan fingerprint density at radius 2 is 2.33 bits per heavy atom. The van der Waals surface area contributed by atoms with Crippen molar-refractivity contribution >= 4 is 5.97 Å². The average molecular weight is 253 g/mol. The summed E-state index contributed by atoms with van der Waals surface area (Å²) in [7, 11) is 3.10. The van der Waals surface area contributed by atoms with Crippen molar-refractivity contribution in [3.63, 3.8) is 0 Å². The van der Waals surface area contributed by atoms with Crippen molar-refractivity contribution in [2.75, 3.05) is 14.2 Å². The van der Waals surface area contributed by atoms with Crippen LogP contribution in [0.1, 0.15) is 35.4 Å². The maximum Gasteiger partial charge on any atom is 0.341 e. The smallest absolute Gasteiger partial charge is 0.341 e. The van der Waals surface area contributed by atoms with Crippen molar-refractivity contribution in [3.05, 3.63) is 23.7 Å². The third kappa shape index (κ3) is 2.91. The summed E-state index contributed by atoms with van der Waals surface area (Å²) in [6.07, 6.45) is 5.09. The first-order valence-corrected chi connectivity index (χ1v) is 6.16. The highest BCUT2D eigenvalue weighted by molar-refractivity contribution is 5.88. The van der Waals surface area contributed by atoms with Crippen LogP contribution in [0, 0.1) is 0 Å². The van der Waals surface area contributed by atoms with Crippen molar-refractivity contribution in [1.29, 1.82) is 0 Å². The lowest BCUT2D eigenvalue weighted by atomic mass is 10.2. The minimum atomic E-state index is -0.374. The van der Waals surface area contributed by atoms with Crippen LogP contribution >= 0.6 is 0 Å². The van der Waals surface area contributed by atoms with E-state index in [1.807, 2.05) is 0 Å². The zero-order chi connectivity index (χ0) is 13.0. The third-order valence-electron chi connectivity index (χ3n) is 3.37. The van der Waals surface area contributed by atoms with Gasteiger partial charge in [-0.15, -0.1) is 0 Å². The molecule has 2 rings (SSSR count). The summed E-state index contributed by atoms with van der Waals surface area (Å²) in [6.45, 7) is 0.599. The topological polar surface area (TPSA) is 60.7 Å². The van der Waals surface area contributed by atoms with Gasteiger partial charge in [0.2, 0.25) is 0 Å². The molecule has 1 aromatic heterocycles. The van der Waals surface area contributed by atoms with E-state index in [4.69, 9.17) is 9.15 Å². The number of methoxy groups -OCH3 is 2. The summed E-state index contributed by atoms with van der Waals surface area (Å²) in [5.74, 6) is 0.359. The molecular weight excluding hydrogens is 234 g/mol. The quantitative estimate of drug-likeness (QED) is 0.810. The molecular formula is C13H19NO4. The maximum absolute atomic E-state index is 11.3. The van der Waals surface area contributed by atoms with Gasteiger partial charge in [-0.2, -0.15) is 0 Å². The van der Waals surface area contributed by atoms with Crippen molar-refractivity contribution in [2.45, 2.75) is 38.0 Å². The summed E-state index contributed by atoms with van der Waals surface area (Å²) in [4.78, 5) is 11.3. The lowest BCUT2D eigenvalue weighted by molar-refractivity contribution is 0.0600. The number of ether oxygens (including phenoxy) is 2. The van der Waals surface area contributed by atoms with E-state index in [1.54, 1.807) is 13.2 Å². The lowest BCUT2D eigenvalue weighted by Gasteiger charge is -2.18. The molecule has 1 N–H and O–H groups in total. The zero-order valence-electron chi connectivity index (χ0n) is 10.8. The maximum atomic E-state index is 11.3. The van der Waals surface area contributed by atoms with Crippen LogP contribution in [0.2, 0.25) is 0 Å². The Morgan fingerprint density at radius 1 is 1.50 bits per heavy atom. The van der Waals surface area contributed by atoms with Crippen LogP contribution in [-0.4, -0.2) is 32.3 Å². The lowest BCUT2D eigenvalue weighted by Crippen LogP contribution is -2.36. The van der Waals surface area contributed by atoms with E-state index in [0.29, 0.717) is 18.2 Å². The van der Waals surface area contributed by atoms with E-state index in [-0.39, 0.29) is 12.1 Å². The van der Waals surface area contributed by atoms with Crippen LogP contribution in [0.15, 0.2) is 16.7 Å². The number of nitrogens with one attached hydrogen (secondary N) is 1. The first-order valence-electron chi connectivity index (χ1n) is 6.16. The zero-order valence-corrected chi connectivity index (χ0v) is 10.8. The molecule has 2 atom stereocenters. The monoisotopic (exact) mass is 253 g/mol. The SMILES string of the molecule is COC(=O)c1coc(CNC2CCCC2OC)c1. The molecule has 0 amide bonds. The van der Waals surface area contributed by atoms with Crippen molar-refractivity contribution in [3.8, 4) is 0 Å². The second-order valence-electron chi connectivity index (χ2n) is 4.49. The van der Waals surface area contributed by atoms with Crippen LogP contribution in [0.3, 0.4) is 0 Å². The molecule has 100 valence electrons. The summed E-state index contributed by atoms with van der Waals surface area (Å²) in [5, 5.41) is 3.40. The van der Waals surface area contributed by atoms with E-state index >= 15 is 0 Å². The van der Waals surface area contributed by atoms with Crippen molar-refractivity contribution in [2.24, 2.45) is 0 Å². The molecule has 0 aromatic carbocycles. The predicted octanol–water partition coefficient (Wildman–Crippen LogP) is 1.72. The van der Waals surface area contributed by atoms with Crippen LogP contribution in [-0.2, 0) is 16.0 Å². The third-order valence-corrected chi connectivity index (χ3v) is 3.37. The number of rotatable bonds is 5. The second-order valence-corrected chi connectivity index (χ2v) is 4.49. The first-order chi connectivity index (χ1) is 8.74. The largest absolute Gasteiger partial charge is 0.467 e. The Bertz CT molecular complexity index is 401. The average Bonchev–Trinajstić information content (AvgIpc) is 3.03. The van der Waals surface area contributed by atoms with Gasteiger partial charge in [0.05, 0.1) is 25.3 Å². The van der Waals surface area contributed by atoms with Crippen LogP contribution in [0.25, 0.3) is 0 Å². The van der Waals surface area contributed by atoms with Gasteiger partial charge in [-0.05, 0) is 25.3 Å². The Morgan fingerprint density at radius 3 is 3.06 bits per heavy atom. The summed E-state index contributed by atoms with van der Waals surface area (Å²) < 4.78 is 15.3. The second kappa shape index (κ2) is 6.02. The van der Waals surface area contributed by atoms with E-state index in [2.05, 4.69) is 10.1 Å². The number of carbonyl (C=O) groups is 1. The van der Waals surface area contributed by atoms with Crippen LogP contribution in [0.4, 0.5) is 0 Å². The molecule has 1 aromatic rings. The molecule has 0 radical (unpaired) electrons. The molecule has 5 heteroatoms. The molecule has 5 nitrogen and oxygen atoms in total. The molecule has 1 saturated carbocycles. The van der Waals surface area contributed by atoms with Crippen LogP contribution < -0.4 is 5.32 Å². The van der Waals surface area contributed by atoms with Gasteiger partial charge >= 0.3 is 5.97 Å². The number of hydrogen-bond donors (Lipinski definition) is 1. The molecule has 0 aliphatic heterocycles.